The van der Waals surface area contributed by atoms with Gasteiger partial charge in [0.25, 0.3) is 0 Å². The van der Waals surface area contributed by atoms with E-state index in [0.717, 1.165) is 70.2 Å². The van der Waals surface area contributed by atoms with Crippen molar-refractivity contribution in [3.8, 4) is 0 Å². The molecule has 0 aliphatic carbocycles. The van der Waals surface area contributed by atoms with Gasteiger partial charge in [-0.3, -0.25) is 36.2 Å². The van der Waals surface area contributed by atoms with E-state index in [1.54, 1.807) is 0 Å². The summed E-state index contributed by atoms with van der Waals surface area (Å²) in [6, 6.07) is 36.3. The van der Waals surface area contributed by atoms with E-state index >= 15 is 0 Å². The Labute approximate surface area is 480 Å². The fraction of sp³-hybridized carbons (Fsp3) is 0.439. The molecule has 5 aliphatic heterocycles. The van der Waals surface area contributed by atoms with Gasteiger partial charge in [-0.15, -0.1) is 0 Å². The number of phosphoric acid groups is 4. The molecule has 5 aliphatic rings. The summed E-state index contributed by atoms with van der Waals surface area (Å²) >= 11 is 0. The molecule has 0 amide bonds. The number of rotatable bonds is 23. The third-order valence-corrected chi connectivity index (χ3v) is 20.6. The lowest BCUT2D eigenvalue weighted by atomic mass is 9.90. The van der Waals surface area contributed by atoms with Gasteiger partial charge in [0.2, 0.25) is 0 Å². The summed E-state index contributed by atoms with van der Waals surface area (Å²) < 4.78 is 127. The average Bonchev–Trinajstić information content (AvgIpc) is 4.36. The van der Waals surface area contributed by atoms with Gasteiger partial charge < -0.3 is 53.5 Å². The van der Waals surface area contributed by atoms with Crippen LogP contribution in [0, 0.1) is 0 Å². The molecule has 5 heterocycles. The van der Waals surface area contributed by atoms with Gasteiger partial charge >= 0.3 is 31.3 Å². The van der Waals surface area contributed by atoms with E-state index in [9.17, 15) is 48.0 Å². The van der Waals surface area contributed by atoms with Gasteiger partial charge in [0.05, 0.1) is 51.3 Å². The fourth-order valence-electron chi connectivity index (χ4n) is 12.5. The van der Waals surface area contributed by atoms with Crippen LogP contribution in [0.1, 0.15) is 55.4 Å². The van der Waals surface area contributed by atoms with Crippen LogP contribution in [-0.4, -0.2) is 144 Å². The first-order valence-electron chi connectivity index (χ1n) is 27.8. The lowest BCUT2D eigenvalue weighted by molar-refractivity contribution is -0.0422. The van der Waals surface area contributed by atoms with Crippen molar-refractivity contribution in [3.63, 3.8) is 0 Å². The molecule has 6 N–H and O–H groups in total. The first-order valence-corrected chi connectivity index (χ1v) is 33.8. The number of benzene rings is 8. The molecule has 0 bridgehead atoms. The monoisotopic (exact) mass is 1240 g/mol. The maximum absolute atomic E-state index is 14.0. The molecule has 0 radical (unpaired) electrons. The second kappa shape index (κ2) is 23.8. The highest BCUT2D eigenvalue weighted by Gasteiger charge is 2.47. The van der Waals surface area contributed by atoms with Crippen molar-refractivity contribution in [3.05, 3.63) is 120 Å². The summed E-state index contributed by atoms with van der Waals surface area (Å²) in [4.78, 5) is 43.9. The molecule has 448 valence electrons. The van der Waals surface area contributed by atoms with Crippen LogP contribution >= 0.6 is 31.3 Å². The van der Waals surface area contributed by atoms with Crippen LogP contribution in [0.25, 0.3) is 64.6 Å². The third-order valence-electron chi connectivity index (χ3n) is 16.6. The Bertz CT molecular complexity index is 3860. The molecule has 84 heavy (non-hydrogen) atoms. The van der Waals surface area contributed by atoms with E-state index in [-0.39, 0.29) is 45.5 Å². The predicted molar refractivity (Wildman–Crippen MR) is 304 cm³/mol. The van der Waals surface area contributed by atoms with Crippen molar-refractivity contribution in [2.45, 2.75) is 105 Å². The van der Waals surface area contributed by atoms with Crippen molar-refractivity contribution < 1.29 is 108 Å². The normalized spacial score (nSPS) is 30.6. The molecule has 5 fully saturated rings. The van der Waals surface area contributed by atoms with Crippen LogP contribution in [-0.2, 0) is 78.1 Å². The second-order valence-electron chi connectivity index (χ2n) is 21.8. The summed E-state index contributed by atoms with van der Waals surface area (Å²) in [6.45, 7) is -2.57. The Hall–Kier alpha value is -4.00. The minimum absolute atomic E-state index is 0.00149. The van der Waals surface area contributed by atoms with Gasteiger partial charge in [0, 0.05) is 45.5 Å². The molecule has 0 saturated carbocycles. The molecule has 0 spiro atoms. The smallest absolute Gasteiger partial charge is 0.394 e. The van der Waals surface area contributed by atoms with Gasteiger partial charge in [-0.05, 0) is 82.2 Å². The molecule has 23 nitrogen and oxygen atoms in total. The average molecular weight is 1240 g/mol. The van der Waals surface area contributed by atoms with Gasteiger partial charge in [0.1, 0.15) is 54.9 Å². The number of ether oxygens (including phenoxy) is 5. The van der Waals surface area contributed by atoms with E-state index in [4.69, 9.17) is 59.9 Å². The summed E-state index contributed by atoms with van der Waals surface area (Å²) in [7, 11) is -19.7. The van der Waals surface area contributed by atoms with Crippen LogP contribution in [0.5, 0.6) is 0 Å². The quantitative estimate of drug-likeness (QED) is 0.0256. The van der Waals surface area contributed by atoms with Crippen LogP contribution in [0.3, 0.4) is 0 Å². The standard InChI is InChI=1S/C57H62O23P4/c58-27-49-47(25-45(75-49)38-15-11-36-9-7-32-3-1-5-34-13-17-40(38)56(36)54(32)34)79-84(66,67)74-31-53-48(26-46(76-53)39-16-12-37-10-8-33-4-2-6-35-14-18-41(39)57(37)55(33)35)80-83(64,65)73-30-52-44(21-24-70-52)78-82(62,63)72-29-51-43(20-23-69-51)77-81(60,61)71-28-50-42(59)19-22-68-50/h1-18,42-53,58-59H,19-31H2,(H,60,61)(H,62,63)(H,64,65)(H,66,67)/t42-,43-,44-,45+,46+,47-,48-,49+,50+,51+,52+,53+/m0/s1. The molecular formula is C57H62O23P4. The molecule has 5 saturated heterocycles. The highest BCUT2D eigenvalue weighted by atomic mass is 31.2. The Morgan fingerprint density at radius 1 is 0.405 bits per heavy atom. The molecule has 13 rings (SSSR count). The van der Waals surface area contributed by atoms with Gasteiger partial charge in [-0.1, -0.05) is 109 Å². The molecule has 27 heteroatoms. The molecule has 8 aromatic rings. The zero-order valence-corrected chi connectivity index (χ0v) is 48.5. The zero-order valence-electron chi connectivity index (χ0n) is 44.9. The maximum Gasteiger partial charge on any atom is 0.472 e. The minimum atomic E-state index is -5.11. The number of aliphatic hydroxyl groups excluding tert-OH is 2. The first kappa shape index (κ1) is 59.0. The van der Waals surface area contributed by atoms with E-state index in [1.165, 1.54) is 0 Å². The number of phosphoric ester groups is 4. The second-order valence-corrected chi connectivity index (χ2v) is 27.4. The van der Waals surface area contributed by atoms with E-state index < -0.39 is 138 Å². The van der Waals surface area contributed by atoms with Crippen LogP contribution < -0.4 is 0 Å². The van der Waals surface area contributed by atoms with Crippen LogP contribution in [0.2, 0.25) is 0 Å². The Morgan fingerprint density at radius 2 is 0.750 bits per heavy atom. The molecule has 8 aromatic carbocycles. The summed E-state index contributed by atoms with van der Waals surface area (Å²) in [5, 5.41) is 32.7. The number of hydrogen-bond acceptors (Lipinski definition) is 19. The van der Waals surface area contributed by atoms with E-state index in [2.05, 4.69) is 24.3 Å². The predicted octanol–water partition coefficient (Wildman–Crippen LogP) is 9.57. The molecule has 4 unspecified atom stereocenters. The van der Waals surface area contributed by atoms with Crippen molar-refractivity contribution >= 4 is 95.9 Å². The topological polar surface area (TPSA) is 310 Å². The van der Waals surface area contributed by atoms with Crippen molar-refractivity contribution in [1.82, 2.24) is 0 Å². The summed E-state index contributed by atoms with van der Waals surface area (Å²) in [6.07, 6.45) is -11.8. The molecule has 16 atom stereocenters. The van der Waals surface area contributed by atoms with Crippen molar-refractivity contribution in [2.75, 3.05) is 52.9 Å². The summed E-state index contributed by atoms with van der Waals surface area (Å²) in [5.74, 6) is 0. The largest absolute Gasteiger partial charge is 0.472 e. The highest BCUT2D eigenvalue weighted by molar-refractivity contribution is 7.48. The third kappa shape index (κ3) is 12.3. The number of hydrogen-bond donors (Lipinski definition) is 6. The molecular weight excluding hydrogens is 1180 g/mol. The molecule has 0 aromatic heterocycles. The lowest BCUT2D eigenvalue weighted by Crippen LogP contribution is -2.32. The lowest BCUT2D eigenvalue weighted by Gasteiger charge is -2.26. The first-order chi connectivity index (χ1) is 40.4. The van der Waals surface area contributed by atoms with E-state index in [0.29, 0.717) is 12.0 Å². The van der Waals surface area contributed by atoms with E-state index in [1.807, 2.05) is 84.9 Å². The van der Waals surface area contributed by atoms with Gasteiger partial charge in [-0.2, -0.15) is 0 Å². The minimum Gasteiger partial charge on any atom is -0.394 e. The fourth-order valence-corrected chi connectivity index (χ4v) is 16.4. The van der Waals surface area contributed by atoms with Crippen LogP contribution in [0.15, 0.2) is 109 Å². The van der Waals surface area contributed by atoms with Crippen LogP contribution in [0.4, 0.5) is 0 Å². The Balaban J connectivity index is 0.675. The van der Waals surface area contributed by atoms with Crippen molar-refractivity contribution in [2.24, 2.45) is 0 Å². The number of aliphatic hydroxyl groups is 2. The Kier molecular flexibility index (Phi) is 16.7. The highest BCUT2D eigenvalue weighted by Crippen LogP contribution is 2.55. The van der Waals surface area contributed by atoms with Crippen molar-refractivity contribution in [1.29, 1.82) is 0 Å². The zero-order chi connectivity index (χ0) is 58.1. The van der Waals surface area contributed by atoms with Gasteiger partial charge in [0.15, 0.2) is 0 Å². The Morgan fingerprint density at radius 3 is 1.18 bits per heavy atom. The maximum atomic E-state index is 14.0. The summed E-state index contributed by atoms with van der Waals surface area (Å²) in [5.41, 5.74) is 1.54. The SMILES string of the molecule is O=P(O)(OC[C@H]1OCC[C@@H]1O)O[C@H]1CCO[C@@H]1COP(=O)(O)O[C@H]1CCO[C@@H]1COP(=O)(O)O[C@H]1C[C@H](c2ccc3ccc4cccc5ccc2c3c45)O[C@@H]1COP(=O)(O)O[C@H]1C[C@H](c2ccc3ccc4cccc5ccc2c3c45)O[C@@H]1CO. The van der Waals surface area contributed by atoms with Gasteiger partial charge in [-0.25, -0.2) is 18.3 Å².